The van der Waals surface area contributed by atoms with Gasteiger partial charge in [-0.2, -0.15) is 0 Å². The molecule has 1 fully saturated rings. The second-order valence-corrected chi connectivity index (χ2v) is 6.60. The number of nitrogens with two attached hydrogens (primary N) is 1. The number of amides is 2. The van der Waals surface area contributed by atoms with E-state index in [1.807, 2.05) is 0 Å². The van der Waals surface area contributed by atoms with Crippen LogP contribution in [0.3, 0.4) is 0 Å². The van der Waals surface area contributed by atoms with Crippen LogP contribution in [0.5, 0.6) is 0 Å². The highest BCUT2D eigenvalue weighted by atomic mass is 35.5. The number of carbonyl (C=O) groups excluding carboxylic acids is 2. The molecule has 2 amide bonds. The lowest BCUT2D eigenvalue weighted by molar-refractivity contribution is -0.127. The predicted octanol–water partition coefficient (Wildman–Crippen LogP) is 3.09. The summed E-state index contributed by atoms with van der Waals surface area (Å²) >= 11 is 12.2. The minimum atomic E-state index is -0.800. The van der Waals surface area contributed by atoms with E-state index in [-0.39, 0.29) is 12.3 Å². The molecule has 1 aromatic carbocycles. The van der Waals surface area contributed by atoms with Crippen molar-refractivity contribution in [3.8, 4) is 0 Å². The first-order valence-electron chi connectivity index (χ1n) is 7.49. The van der Waals surface area contributed by atoms with E-state index in [0.29, 0.717) is 27.9 Å². The van der Waals surface area contributed by atoms with Crippen LogP contribution in [-0.4, -0.2) is 17.9 Å². The first kappa shape index (κ1) is 17.1. The van der Waals surface area contributed by atoms with E-state index in [1.54, 1.807) is 18.2 Å². The van der Waals surface area contributed by atoms with E-state index in [0.717, 1.165) is 12.8 Å². The molecule has 0 radical (unpaired) electrons. The molecule has 120 valence electrons. The van der Waals surface area contributed by atoms with Gasteiger partial charge in [0.1, 0.15) is 6.04 Å². The Morgan fingerprint density at radius 3 is 2.36 bits per heavy atom. The Hall–Kier alpha value is -1.26. The molecule has 3 N–H and O–H groups in total. The summed E-state index contributed by atoms with van der Waals surface area (Å²) in [7, 11) is 0. The number of benzene rings is 1. The molecule has 4 nitrogen and oxygen atoms in total. The normalized spacial score (nSPS) is 16.5. The number of nitrogens with one attached hydrogen (secondary N) is 1. The molecule has 1 aliphatic rings. The summed E-state index contributed by atoms with van der Waals surface area (Å²) in [5.74, 6) is -0.313. The lowest BCUT2D eigenvalue weighted by atomic mass is 10.0. The summed E-state index contributed by atoms with van der Waals surface area (Å²) < 4.78 is 0. The lowest BCUT2D eigenvalue weighted by Crippen LogP contribution is -2.46. The zero-order valence-corrected chi connectivity index (χ0v) is 13.8. The van der Waals surface area contributed by atoms with Gasteiger partial charge in [-0.1, -0.05) is 42.1 Å². The summed E-state index contributed by atoms with van der Waals surface area (Å²) in [5.41, 5.74) is 6.02. The molecular weight excluding hydrogens is 323 g/mol. The molecule has 0 aromatic heterocycles. The predicted molar refractivity (Wildman–Crippen MR) is 87.9 cm³/mol. The maximum atomic E-state index is 12.1. The zero-order valence-electron chi connectivity index (χ0n) is 12.3. The van der Waals surface area contributed by atoms with Crippen molar-refractivity contribution in [1.29, 1.82) is 0 Å². The molecule has 1 aromatic rings. The molecule has 0 bridgehead atoms. The van der Waals surface area contributed by atoms with Crippen LogP contribution in [-0.2, 0) is 16.0 Å². The van der Waals surface area contributed by atoms with Gasteiger partial charge in [-0.3, -0.25) is 9.59 Å². The van der Waals surface area contributed by atoms with Crippen molar-refractivity contribution in [2.45, 2.75) is 44.6 Å². The van der Waals surface area contributed by atoms with E-state index in [9.17, 15) is 9.59 Å². The Morgan fingerprint density at radius 2 is 1.82 bits per heavy atom. The standard InChI is InChI=1S/C16H20Cl2N2O2/c17-12-6-3-7-13(18)11(12)9-14(16(19)22)20-15(21)8-10-4-1-2-5-10/h3,6-7,10,14H,1-2,4-5,8-9H2,(H2,19,22)(H,20,21)/t14-/m1/s1. The third kappa shape index (κ3) is 4.62. The molecule has 1 aliphatic carbocycles. The maximum absolute atomic E-state index is 12.1. The molecule has 1 saturated carbocycles. The molecule has 0 saturated heterocycles. The zero-order chi connectivity index (χ0) is 16.1. The van der Waals surface area contributed by atoms with Gasteiger partial charge in [-0.05, 0) is 36.5 Å². The summed E-state index contributed by atoms with van der Waals surface area (Å²) in [6, 6.07) is 4.32. The number of rotatable bonds is 6. The summed E-state index contributed by atoms with van der Waals surface area (Å²) in [4.78, 5) is 23.7. The number of hydrogen-bond acceptors (Lipinski definition) is 2. The van der Waals surface area contributed by atoms with Crippen LogP contribution in [0.4, 0.5) is 0 Å². The molecule has 0 spiro atoms. The summed E-state index contributed by atoms with van der Waals surface area (Å²) in [6.45, 7) is 0. The van der Waals surface area contributed by atoms with E-state index in [1.165, 1.54) is 12.8 Å². The van der Waals surface area contributed by atoms with Gasteiger partial charge in [-0.15, -0.1) is 0 Å². The maximum Gasteiger partial charge on any atom is 0.240 e. The fourth-order valence-electron chi connectivity index (χ4n) is 2.88. The Labute approximate surface area is 140 Å². The molecular formula is C16H20Cl2N2O2. The average molecular weight is 343 g/mol. The minimum absolute atomic E-state index is 0.140. The van der Waals surface area contributed by atoms with Crippen LogP contribution >= 0.6 is 23.2 Å². The first-order chi connectivity index (χ1) is 10.5. The van der Waals surface area contributed by atoms with E-state index in [2.05, 4.69) is 5.32 Å². The molecule has 22 heavy (non-hydrogen) atoms. The van der Waals surface area contributed by atoms with Crippen molar-refractivity contribution in [3.05, 3.63) is 33.8 Å². The topological polar surface area (TPSA) is 72.2 Å². The van der Waals surface area contributed by atoms with Crippen molar-refractivity contribution in [1.82, 2.24) is 5.32 Å². The van der Waals surface area contributed by atoms with Crippen molar-refractivity contribution in [2.24, 2.45) is 11.7 Å². The smallest absolute Gasteiger partial charge is 0.240 e. The molecule has 1 atom stereocenters. The third-order valence-corrected chi connectivity index (χ3v) is 4.81. The Balaban J connectivity index is 2.00. The highest BCUT2D eigenvalue weighted by molar-refractivity contribution is 6.36. The highest BCUT2D eigenvalue weighted by Gasteiger charge is 2.24. The van der Waals surface area contributed by atoms with Crippen LogP contribution in [0, 0.1) is 5.92 Å². The van der Waals surface area contributed by atoms with Gasteiger partial charge in [0.15, 0.2) is 0 Å². The molecule has 0 aliphatic heterocycles. The molecule has 2 rings (SSSR count). The second-order valence-electron chi connectivity index (χ2n) is 5.78. The van der Waals surface area contributed by atoms with Crippen molar-refractivity contribution < 1.29 is 9.59 Å². The van der Waals surface area contributed by atoms with E-state index < -0.39 is 11.9 Å². The Bertz CT molecular complexity index is 537. The summed E-state index contributed by atoms with van der Waals surface area (Å²) in [6.07, 6.45) is 5.14. The average Bonchev–Trinajstić information content (AvgIpc) is 2.94. The van der Waals surface area contributed by atoms with Gasteiger partial charge >= 0.3 is 0 Å². The van der Waals surface area contributed by atoms with Gasteiger partial charge in [0.25, 0.3) is 0 Å². The van der Waals surface area contributed by atoms with E-state index >= 15 is 0 Å². The van der Waals surface area contributed by atoms with Crippen LogP contribution < -0.4 is 11.1 Å². The van der Waals surface area contributed by atoms with Crippen LogP contribution in [0.2, 0.25) is 10.0 Å². The largest absolute Gasteiger partial charge is 0.368 e. The minimum Gasteiger partial charge on any atom is -0.368 e. The van der Waals surface area contributed by atoms with Crippen molar-refractivity contribution in [2.75, 3.05) is 0 Å². The Morgan fingerprint density at radius 1 is 1.23 bits per heavy atom. The second kappa shape index (κ2) is 7.84. The lowest BCUT2D eigenvalue weighted by Gasteiger charge is -2.18. The van der Waals surface area contributed by atoms with E-state index in [4.69, 9.17) is 28.9 Å². The quantitative estimate of drug-likeness (QED) is 0.833. The fraction of sp³-hybridized carbons (Fsp3) is 0.500. The van der Waals surface area contributed by atoms with Crippen molar-refractivity contribution >= 4 is 35.0 Å². The van der Waals surface area contributed by atoms with Gasteiger partial charge in [0, 0.05) is 22.9 Å². The third-order valence-electron chi connectivity index (χ3n) is 4.10. The first-order valence-corrected chi connectivity index (χ1v) is 8.24. The number of carbonyl (C=O) groups is 2. The number of primary amides is 1. The molecule has 0 heterocycles. The Kier molecular flexibility index (Phi) is 6.09. The van der Waals surface area contributed by atoms with Gasteiger partial charge in [0.05, 0.1) is 0 Å². The van der Waals surface area contributed by atoms with Crippen LogP contribution in [0.1, 0.15) is 37.7 Å². The summed E-state index contributed by atoms with van der Waals surface area (Å²) in [5, 5.41) is 3.64. The SMILES string of the molecule is NC(=O)[C@@H](Cc1c(Cl)cccc1Cl)NC(=O)CC1CCCC1. The number of hydrogen-bond donors (Lipinski definition) is 2. The van der Waals surface area contributed by atoms with Gasteiger partial charge in [0.2, 0.25) is 11.8 Å². The fourth-order valence-corrected chi connectivity index (χ4v) is 3.44. The van der Waals surface area contributed by atoms with Crippen LogP contribution in [0.25, 0.3) is 0 Å². The van der Waals surface area contributed by atoms with Crippen molar-refractivity contribution in [3.63, 3.8) is 0 Å². The van der Waals surface area contributed by atoms with Gasteiger partial charge < -0.3 is 11.1 Å². The van der Waals surface area contributed by atoms with Crippen LogP contribution in [0.15, 0.2) is 18.2 Å². The number of halogens is 2. The molecule has 6 heteroatoms. The monoisotopic (exact) mass is 342 g/mol. The highest BCUT2D eigenvalue weighted by Crippen LogP contribution is 2.28. The molecule has 0 unspecified atom stereocenters. The van der Waals surface area contributed by atoms with Gasteiger partial charge in [-0.25, -0.2) is 0 Å².